The fourth-order valence-electron chi connectivity index (χ4n) is 2.90. The van der Waals surface area contributed by atoms with Crippen LogP contribution in [-0.2, 0) is 21.4 Å². The molecular weight excluding hydrogens is 429 g/mol. The molecule has 0 saturated carbocycles. The van der Waals surface area contributed by atoms with Crippen molar-refractivity contribution >= 4 is 39.1 Å². The average molecular weight is 447 g/mol. The maximum absolute atomic E-state index is 12.9. The zero-order valence-electron chi connectivity index (χ0n) is 15.4. The van der Waals surface area contributed by atoms with Crippen molar-refractivity contribution in [2.75, 3.05) is 6.54 Å². The van der Waals surface area contributed by atoms with Crippen LogP contribution in [0.1, 0.15) is 19.8 Å². The highest BCUT2D eigenvalue weighted by atomic mass is 35.5. The lowest BCUT2D eigenvalue weighted by Gasteiger charge is -2.22. The average Bonchev–Trinajstić information content (AvgIpc) is 3.15. The van der Waals surface area contributed by atoms with E-state index in [-0.39, 0.29) is 46.6 Å². The van der Waals surface area contributed by atoms with Crippen LogP contribution in [0.3, 0.4) is 0 Å². The first-order chi connectivity index (χ1) is 13.7. The standard InChI is InChI=1S/C17H17Cl2N3O5S/c18-15-8-11(9-16(19)20-15)10-27-12-3-5-13(6-4-12)28(25,26)22-7-1-2-14(22)17(23)21-24/h3-6,8-9,14,24H,1-2,7,10H2,(H,21,23)/t14-/m0/s1/i5D. The molecule has 0 radical (unpaired) electrons. The minimum absolute atomic E-state index is 0.0956. The summed E-state index contributed by atoms with van der Waals surface area (Å²) in [7, 11) is -4.09. The van der Waals surface area contributed by atoms with E-state index in [4.69, 9.17) is 34.5 Å². The Labute approximate surface area is 173 Å². The van der Waals surface area contributed by atoms with Crippen molar-refractivity contribution in [3.8, 4) is 5.75 Å². The lowest BCUT2D eigenvalue weighted by Crippen LogP contribution is -2.44. The Bertz CT molecular complexity index is 1020. The quantitative estimate of drug-likeness (QED) is 0.401. The number of aromatic nitrogens is 1. The molecule has 0 bridgehead atoms. The normalized spacial score (nSPS) is 18.0. The highest BCUT2D eigenvalue weighted by molar-refractivity contribution is 7.89. The van der Waals surface area contributed by atoms with Gasteiger partial charge >= 0.3 is 0 Å². The number of carbonyl (C=O) groups excluding carboxylic acids is 1. The van der Waals surface area contributed by atoms with Crippen molar-refractivity contribution in [1.29, 1.82) is 0 Å². The summed E-state index contributed by atoms with van der Waals surface area (Å²) in [5.41, 5.74) is 2.15. The fraction of sp³-hybridized carbons (Fsp3) is 0.294. The third-order valence-corrected chi connectivity index (χ3v) is 6.44. The predicted octanol–water partition coefficient (Wildman–Crippen LogP) is 2.63. The number of pyridine rings is 1. The first-order valence-electron chi connectivity index (χ1n) is 8.73. The van der Waals surface area contributed by atoms with Crippen LogP contribution in [0.15, 0.2) is 41.3 Å². The molecule has 0 unspecified atom stereocenters. The van der Waals surface area contributed by atoms with Crippen LogP contribution < -0.4 is 10.2 Å². The number of carbonyl (C=O) groups is 1. The van der Waals surface area contributed by atoms with E-state index in [9.17, 15) is 13.2 Å². The summed E-state index contributed by atoms with van der Waals surface area (Å²) >= 11 is 11.7. The van der Waals surface area contributed by atoms with Crippen LogP contribution in [0.4, 0.5) is 0 Å². The molecule has 8 nitrogen and oxygen atoms in total. The first kappa shape index (κ1) is 19.4. The van der Waals surface area contributed by atoms with Crippen LogP contribution in [0.25, 0.3) is 0 Å². The minimum Gasteiger partial charge on any atom is -0.489 e. The first-order valence-corrected chi connectivity index (χ1v) is 10.4. The van der Waals surface area contributed by atoms with Crippen LogP contribution >= 0.6 is 23.2 Å². The molecule has 28 heavy (non-hydrogen) atoms. The van der Waals surface area contributed by atoms with Gasteiger partial charge in [0.15, 0.2) is 0 Å². The number of nitrogens with zero attached hydrogens (tertiary/aromatic N) is 2. The molecule has 1 amide bonds. The Morgan fingerprint density at radius 3 is 2.71 bits per heavy atom. The largest absolute Gasteiger partial charge is 0.489 e. The summed E-state index contributed by atoms with van der Waals surface area (Å²) in [6.45, 7) is 0.222. The van der Waals surface area contributed by atoms with Crippen LogP contribution in [0.2, 0.25) is 10.3 Å². The van der Waals surface area contributed by atoms with Gasteiger partial charge in [-0.05, 0) is 54.8 Å². The third-order valence-electron chi connectivity index (χ3n) is 4.19. The van der Waals surface area contributed by atoms with E-state index in [2.05, 4.69) is 4.98 Å². The molecule has 1 fully saturated rings. The van der Waals surface area contributed by atoms with Gasteiger partial charge in [-0.3, -0.25) is 10.0 Å². The summed E-state index contributed by atoms with van der Waals surface area (Å²) in [5, 5.41) is 9.26. The van der Waals surface area contributed by atoms with Crippen molar-refractivity contribution in [3.05, 3.63) is 52.2 Å². The molecule has 2 heterocycles. The number of ether oxygens (including phenoxy) is 1. The number of halogens is 2. The Hall–Kier alpha value is -1.91. The highest BCUT2D eigenvalue weighted by Gasteiger charge is 2.39. The zero-order chi connectivity index (χ0) is 21.2. The molecule has 1 aromatic heterocycles. The molecular formula is C17H17Cl2N3O5S. The summed E-state index contributed by atoms with van der Waals surface area (Å²) in [6.07, 6.45) is 0.764. The van der Waals surface area contributed by atoms with E-state index in [1.54, 1.807) is 12.1 Å². The van der Waals surface area contributed by atoms with Crippen molar-refractivity contribution in [3.63, 3.8) is 0 Å². The van der Waals surface area contributed by atoms with E-state index in [1.165, 1.54) is 23.7 Å². The topological polar surface area (TPSA) is 109 Å². The molecule has 150 valence electrons. The van der Waals surface area contributed by atoms with Gasteiger partial charge in [-0.25, -0.2) is 18.9 Å². The Morgan fingerprint density at radius 2 is 2.07 bits per heavy atom. The van der Waals surface area contributed by atoms with Crippen LogP contribution in [0.5, 0.6) is 5.75 Å². The van der Waals surface area contributed by atoms with Gasteiger partial charge < -0.3 is 4.74 Å². The Kier molecular flexibility index (Phi) is 5.98. The smallest absolute Gasteiger partial charge is 0.261 e. The molecule has 1 aromatic carbocycles. The maximum Gasteiger partial charge on any atom is 0.261 e. The van der Waals surface area contributed by atoms with Gasteiger partial charge in [0.25, 0.3) is 5.91 Å². The lowest BCUT2D eigenvalue weighted by atomic mass is 10.2. The Morgan fingerprint density at radius 1 is 1.36 bits per heavy atom. The van der Waals surface area contributed by atoms with Crippen molar-refractivity contribution in [1.82, 2.24) is 14.8 Å². The third kappa shape index (κ3) is 4.56. The van der Waals surface area contributed by atoms with Gasteiger partial charge in [0, 0.05) is 6.54 Å². The van der Waals surface area contributed by atoms with Gasteiger partial charge in [-0.15, -0.1) is 0 Å². The van der Waals surface area contributed by atoms with Gasteiger partial charge in [-0.1, -0.05) is 23.2 Å². The van der Waals surface area contributed by atoms with Gasteiger partial charge in [0.2, 0.25) is 10.0 Å². The van der Waals surface area contributed by atoms with Gasteiger partial charge in [-0.2, -0.15) is 4.31 Å². The van der Waals surface area contributed by atoms with Crippen molar-refractivity contribution in [2.45, 2.75) is 30.4 Å². The zero-order valence-corrected chi connectivity index (χ0v) is 16.8. The number of hydrogen-bond acceptors (Lipinski definition) is 6. The second-order valence-electron chi connectivity index (χ2n) is 6.05. The summed E-state index contributed by atoms with van der Waals surface area (Å²) < 4.78 is 40.5. The second-order valence-corrected chi connectivity index (χ2v) is 8.68. The molecule has 2 aromatic rings. The predicted molar refractivity (Wildman–Crippen MR) is 102 cm³/mol. The highest BCUT2D eigenvalue weighted by Crippen LogP contribution is 2.27. The maximum atomic E-state index is 12.9. The van der Waals surface area contributed by atoms with Crippen LogP contribution in [-0.4, -0.2) is 41.4 Å². The number of sulfonamides is 1. The number of amides is 1. The van der Waals surface area contributed by atoms with Crippen LogP contribution in [0, 0.1) is 0 Å². The van der Waals surface area contributed by atoms with Gasteiger partial charge in [0.1, 0.15) is 28.7 Å². The van der Waals surface area contributed by atoms with E-state index >= 15 is 0 Å². The number of hydroxylamine groups is 1. The van der Waals surface area contributed by atoms with Crippen molar-refractivity contribution in [2.24, 2.45) is 0 Å². The number of benzene rings is 1. The SMILES string of the molecule is [2H]c1cc(OCc2cc(Cl)nc(Cl)c2)ccc1S(=O)(=O)N1CCC[C@H]1C(=O)NO. The second kappa shape index (κ2) is 8.62. The van der Waals surface area contributed by atoms with Crippen molar-refractivity contribution < 1.29 is 24.5 Å². The molecule has 0 spiro atoms. The van der Waals surface area contributed by atoms with E-state index < -0.39 is 22.0 Å². The molecule has 1 saturated heterocycles. The number of nitrogens with one attached hydrogen (secondary N) is 1. The monoisotopic (exact) mass is 446 g/mol. The molecule has 0 aliphatic carbocycles. The molecule has 1 atom stereocenters. The summed E-state index contributed by atoms with van der Waals surface area (Å²) in [6, 6.07) is 5.82. The molecule has 1 aliphatic heterocycles. The fourth-order valence-corrected chi connectivity index (χ4v) is 5.01. The Balaban J connectivity index is 1.79. The molecule has 2 N–H and O–H groups in total. The van der Waals surface area contributed by atoms with E-state index in [0.29, 0.717) is 12.0 Å². The number of rotatable bonds is 6. The molecule has 1 aliphatic rings. The summed E-state index contributed by atoms with van der Waals surface area (Å²) in [4.78, 5) is 15.3. The minimum atomic E-state index is -4.09. The van der Waals surface area contributed by atoms with Gasteiger partial charge in [0.05, 0.1) is 6.27 Å². The summed E-state index contributed by atoms with van der Waals surface area (Å²) in [5.74, 6) is -0.517. The van der Waals surface area contributed by atoms with E-state index in [1.807, 2.05) is 0 Å². The molecule has 11 heteroatoms. The number of hydrogen-bond donors (Lipinski definition) is 2. The lowest BCUT2D eigenvalue weighted by molar-refractivity contribution is -0.132. The molecule has 3 rings (SSSR count). The van der Waals surface area contributed by atoms with E-state index in [0.717, 1.165) is 4.31 Å².